The number of alkyl halides is 2. The van der Waals surface area contributed by atoms with Crippen molar-refractivity contribution in [2.75, 3.05) is 0 Å². The molecule has 2 rings (SSSR count). The zero-order valence-electron chi connectivity index (χ0n) is 10.8. The molecule has 2 N–H and O–H groups in total. The summed E-state index contributed by atoms with van der Waals surface area (Å²) in [7, 11) is 0. The summed E-state index contributed by atoms with van der Waals surface area (Å²) in [5.74, 6) is 0.334. The van der Waals surface area contributed by atoms with Gasteiger partial charge in [-0.1, -0.05) is 13.3 Å². The Bertz CT molecular complexity index is 518. The average Bonchev–Trinajstić information content (AvgIpc) is 2.99. The van der Waals surface area contributed by atoms with Gasteiger partial charge in [-0.25, -0.2) is 4.98 Å². The summed E-state index contributed by atoms with van der Waals surface area (Å²) in [5, 5.41) is 0. The Hall–Kier alpha value is -1.69. The zero-order chi connectivity index (χ0) is 13.8. The molecule has 0 aliphatic heterocycles. The van der Waals surface area contributed by atoms with E-state index in [1.54, 1.807) is 0 Å². The van der Waals surface area contributed by atoms with Gasteiger partial charge in [-0.15, -0.1) is 0 Å². The zero-order valence-corrected chi connectivity index (χ0v) is 10.8. The highest BCUT2D eigenvalue weighted by Crippen LogP contribution is 2.18. The predicted octanol–water partition coefficient (Wildman–Crippen LogP) is 2.93. The first-order valence-corrected chi connectivity index (χ1v) is 6.33. The molecule has 2 aromatic rings. The number of rotatable bonds is 6. The summed E-state index contributed by atoms with van der Waals surface area (Å²) in [6, 6.07) is 1.93. The lowest BCUT2D eigenvalue weighted by Gasteiger charge is -2.08. The molecule has 0 fully saturated rings. The van der Waals surface area contributed by atoms with Crippen molar-refractivity contribution in [2.24, 2.45) is 5.73 Å². The third kappa shape index (κ3) is 3.20. The minimum absolute atomic E-state index is 0.00101. The second-order valence-corrected chi connectivity index (χ2v) is 4.54. The Balaban J connectivity index is 2.09. The van der Waals surface area contributed by atoms with E-state index in [1.165, 1.54) is 12.4 Å². The summed E-state index contributed by atoms with van der Waals surface area (Å²) >= 11 is 0. The van der Waals surface area contributed by atoms with E-state index in [0.29, 0.717) is 12.4 Å². The van der Waals surface area contributed by atoms with E-state index >= 15 is 0 Å². The van der Waals surface area contributed by atoms with Gasteiger partial charge in [-0.05, 0) is 18.1 Å². The van der Waals surface area contributed by atoms with Crippen LogP contribution in [0.5, 0.6) is 0 Å². The first-order valence-electron chi connectivity index (χ1n) is 6.33. The molecule has 0 aromatic carbocycles. The van der Waals surface area contributed by atoms with Crippen molar-refractivity contribution in [3.63, 3.8) is 0 Å². The van der Waals surface area contributed by atoms with Crippen LogP contribution in [0.3, 0.4) is 0 Å². The standard InChI is InChI=1S/C13H18F2N4/c1-2-3-11(16)10-4-6-18(8-10)9-12-17-5-7-19(12)13(14)15/h4-8,11,13H,2-3,9,16H2,1H3. The van der Waals surface area contributed by atoms with E-state index in [4.69, 9.17) is 5.73 Å². The highest BCUT2D eigenvalue weighted by Gasteiger charge is 2.12. The van der Waals surface area contributed by atoms with Crippen LogP contribution in [0.25, 0.3) is 0 Å². The molecule has 104 valence electrons. The molecule has 0 aliphatic rings. The molecule has 4 nitrogen and oxygen atoms in total. The number of imidazole rings is 1. The largest absolute Gasteiger partial charge is 0.346 e. The maximum Gasteiger partial charge on any atom is 0.319 e. The molecule has 19 heavy (non-hydrogen) atoms. The Morgan fingerprint density at radius 1 is 1.37 bits per heavy atom. The molecule has 2 heterocycles. The minimum Gasteiger partial charge on any atom is -0.346 e. The van der Waals surface area contributed by atoms with Gasteiger partial charge in [0, 0.05) is 30.8 Å². The summed E-state index contributed by atoms with van der Waals surface area (Å²) < 4.78 is 28.1. The first-order chi connectivity index (χ1) is 9.11. The topological polar surface area (TPSA) is 48.8 Å². The molecule has 6 heteroatoms. The predicted molar refractivity (Wildman–Crippen MR) is 68.9 cm³/mol. The van der Waals surface area contributed by atoms with Crippen molar-refractivity contribution in [1.29, 1.82) is 0 Å². The molecule has 0 radical (unpaired) electrons. The van der Waals surface area contributed by atoms with Crippen LogP contribution in [0.1, 0.15) is 43.7 Å². The summed E-state index contributed by atoms with van der Waals surface area (Å²) in [5.41, 5.74) is 7.04. The molecular formula is C13H18F2N4. The highest BCUT2D eigenvalue weighted by atomic mass is 19.3. The second kappa shape index (κ2) is 5.97. The van der Waals surface area contributed by atoms with Gasteiger partial charge in [0.1, 0.15) is 5.82 Å². The van der Waals surface area contributed by atoms with Crippen LogP contribution in [0.4, 0.5) is 8.78 Å². The molecular weight excluding hydrogens is 250 g/mol. The Kier molecular flexibility index (Phi) is 4.31. The summed E-state index contributed by atoms with van der Waals surface area (Å²) in [6.45, 7) is -0.165. The Labute approximate surface area is 110 Å². The molecule has 2 aromatic heterocycles. The van der Waals surface area contributed by atoms with Crippen LogP contribution < -0.4 is 5.73 Å². The van der Waals surface area contributed by atoms with Crippen LogP contribution in [0.15, 0.2) is 30.9 Å². The van der Waals surface area contributed by atoms with Gasteiger partial charge in [0.2, 0.25) is 0 Å². The molecule has 0 amide bonds. The molecule has 0 aliphatic carbocycles. The number of aromatic nitrogens is 3. The quantitative estimate of drug-likeness (QED) is 0.875. The summed E-state index contributed by atoms with van der Waals surface area (Å²) in [4.78, 5) is 3.95. The van der Waals surface area contributed by atoms with Gasteiger partial charge in [-0.2, -0.15) is 8.78 Å². The van der Waals surface area contributed by atoms with Gasteiger partial charge < -0.3 is 10.3 Å². The lowest BCUT2D eigenvalue weighted by molar-refractivity contribution is 0.0667. The Morgan fingerprint density at radius 2 is 2.16 bits per heavy atom. The van der Waals surface area contributed by atoms with Crippen molar-refractivity contribution in [2.45, 2.75) is 38.9 Å². The van der Waals surface area contributed by atoms with Crippen LogP contribution in [-0.2, 0) is 6.54 Å². The molecule has 1 atom stereocenters. The van der Waals surface area contributed by atoms with Crippen LogP contribution in [-0.4, -0.2) is 14.1 Å². The van der Waals surface area contributed by atoms with E-state index in [0.717, 1.165) is 23.0 Å². The first kappa shape index (κ1) is 13.7. The lowest BCUT2D eigenvalue weighted by Crippen LogP contribution is -2.10. The molecule has 1 unspecified atom stereocenters. The maximum atomic E-state index is 12.7. The Morgan fingerprint density at radius 3 is 2.84 bits per heavy atom. The number of nitrogens with two attached hydrogens (primary N) is 1. The molecule has 0 bridgehead atoms. The number of hydrogen-bond acceptors (Lipinski definition) is 2. The van der Waals surface area contributed by atoms with E-state index in [2.05, 4.69) is 11.9 Å². The van der Waals surface area contributed by atoms with Crippen LogP contribution >= 0.6 is 0 Å². The number of nitrogens with zero attached hydrogens (tertiary/aromatic N) is 3. The minimum atomic E-state index is -2.56. The third-order valence-corrected chi connectivity index (χ3v) is 3.08. The van der Waals surface area contributed by atoms with Gasteiger partial charge in [0.15, 0.2) is 0 Å². The van der Waals surface area contributed by atoms with Crippen molar-refractivity contribution >= 4 is 0 Å². The molecule has 0 saturated carbocycles. The van der Waals surface area contributed by atoms with Crippen molar-refractivity contribution in [1.82, 2.24) is 14.1 Å². The smallest absolute Gasteiger partial charge is 0.319 e. The van der Waals surface area contributed by atoms with Gasteiger partial charge in [-0.3, -0.25) is 4.57 Å². The average molecular weight is 268 g/mol. The van der Waals surface area contributed by atoms with Gasteiger partial charge in [0.05, 0.1) is 6.54 Å². The normalized spacial score (nSPS) is 13.1. The summed E-state index contributed by atoms with van der Waals surface area (Å²) in [6.07, 6.45) is 8.33. The van der Waals surface area contributed by atoms with Crippen LogP contribution in [0, 0.1) is 0 Å². The van der Waals surface area contributed by atoms with E-state index in [-0.39, 0.29) is 6.04 Å². The van der Waals surface area contributed by atoms with E-state index in [9.17, 15) is 8.78 Å². The maximum absolute atomic E-state index is 12.7. The highest BCUT2D eigenvalue weighted by molar-refractivity contribution is 5.15. The molecule has 0 spiro atoms. The number of hydrogen-bond donors (Lipinski definition) is 1. The molecule has 0 saturated heterocycles. The monoisotopic (exact) mass is 268 g/mol. The van der Waals surface area contributed by atoms with Crippen molar-refractivity contribution in [3.8, 4) is 0 Å². The fraction of sp³-hybridized carbons (Fsp3) is 0.462. The second-order valence-electron chi connectivity index (χ2n) is 4.54. The van der Waals surface area contributed by atoms with Crippen molar-refractivity contribution < 1.29 is 8.78 Å². The fourth-order valence-electron chi connectivity index (χ4n) is 2.06. The van der Waals surface area contributed by atoms with E-state index in [1.807, 2.05) is 23.0 Å². The lowest BCUT2D eigenvalue weighted by atomic mass is 10.1. The number of halogens is 2. The SMILES string of the molecule is CCCC(N)c1ccn(Cc2nccn2C(F)F)c1. The fourth-order valence-corrected chi connectivity index (χ4v) is 2.06. The van der Waals surface area contributed by atoms with Gasteiger partial charge in [0.25, 0.3) is 0 Å². The van der Waals surface area contributed by atoms with Gasteiger partial charge >= 0.3 is 6.55 Å². The van der Waals surface area contributed by atoms with Crippen molar-refractivity contribution in [3.05, 3.63) is 42.2 Å². The van der Waals surface area contributed by atoms with E-state index < -0.39 is 6.55 Å². The third-order valence-electron chi connectivity index (χ3n) is 3.08. The van der Waals surface area contributed by atoms with Crippen LogP contribution in [0.2, 0.25) is 0 Å².